The Morgan fingerprint density at radius 2 is 2.27 bits per heavy atom. The van der Waals surface area contributed by atoms with E-state index in [1.807, 2.05) is 0 Å². The molecule has 2 rings (SSSR count). The van der Waals surface area contributed by atoms with Crippen molar-refractivity contribution in [1.29, 1.82) is 0 Å². The maximum atomic E-state index is 11.6. The number of hydrogen-bond acceptors (Lipinski definition) is 4. The van der Waals surface area contributed by atoms with Crippen LogP contribution < -0.4 is 5.32 Å². The van der Waals surface area contributed by atoms with E-state index in [0.29, 0.717) is 11.3 Å². The highest BCUT2D eigenvalue weighted by Gasteiger charge is 2.07. The SMILES string of the molecule is Cn1cc(C(=O)Nc2ccnnc2)cn1. The quantitative estimate of drug-likeness (QED) is 0.769. The summed E-state index contributed by atoms with van der Waals surface area (Å²) < 4.78 is 1.57. The second-order valence-corrected chi connectivity index (χ2v) is 2.99. The number of amides is 1. The summed E-state index contributed by atoms with van der Waals surface area (Å²) in [7, 11) is 1.75. The van der Waals surface area contributed by atoms with Gasteiger partial charge in [0, 0.05) is 13.2 Å². The van der Waals surface area contributed by atoms with Crippen LogP contribution >= 0.6 is 0 Å². The first-order chi connectivity index (χ1) is 7.25. The summed E-state index contributed by atoms with van der Waals surface area (Å²) in [4.78, 5) is 11.6. The van der Waals surface area contributed by atoms with Crippen molar-refractivity contribution in [2.45, 2.75) is 0 Å². The van der Waals surface area contributed by atoms with Crippen LogP contribution in [0, 0.1) is 0 Å². The van der Waals surface area contributed by atoms with Gasteiger partial charge in [0.25, 0.3) is 5.91 Å². The van der Waals surface area contributed by atoms with Gasteiger partial charge in [0.15, 0.2) is 0 Å². The normalized spacial score (nSPS) is 9.93. The molecule has 1 N–H and O–H groups in total. The van der Waals surface area contributed by atoms with Gasteiger partial charge in [0.2, 0.25) is 0 Å². The van der Waals surface area contributed by atoms with Gasteiger partial charge in [-0.05, 0) is 6.07 Å². The number of carbonyl (C=O) groups excluding carboxylic acids is 1. The van der Waals surface area contributed by atoms with Crippen LogP contribution in [0.1, 0.15) is 10.4 Å². The maximum absolute atomic E-state index is 11.6. The predicted molar refractivity (Wildman–Crippen MR) is 53.2 cm³/mol. The summed E-state index contributed by atoms with van der Waals surface area (Å²) >= 11 is 0. The summed E-state index contributed by atoms with van der Waals surface area (Å²) in [6.45, 7) is 0. The predicted octanol–water partition coefficient (Wildman–Crippen LogP) is 0.462. The molecule has 6 nitrogen and oxygen atoms in total. The molecule has 0 radical (unpaired) electrons. The molecule has 0 atom stereocenters. The van der Waals surface area contributed by atoms with Crippen molar-refractivity contribution in [1.82, 2.24) is 20.0 Å². The lowest BCUT2D eigenvalue weighted by Gasteiger charge is -2.00. The van der Waals surface area contributed by atoms with E-state index < -0.39 is 0 Å². The molecule has 0 saturated carbocycles. The molecule has 76 valence electrons. The van der Waals surface area contributed by atoms with Crippen molar-refractivity contribution in [2.24, 2.45) is 7.05 Å². The summed E-state index contributed by atoms with van der Waals surface area (Å²) in [6, 6.07) is 1.67. The molecule has 6 heteroatoms. The number of nitrogens with one attached hydrogen (secondary N) is 1. The zero-order valence-corrected chi connectivity index (χ0v) is 8.08. The summed E-state index contributed by atoms with van der Waals surface area (Å²) in [6.07, 6.45) is 6.14. The average Bonchev–Trinajstić information content (AvgIpc) is 2.66. The van der Waals surface area contributed by atoms with Crippen LogP contribution in [0.25, 0.3) is 0 Å². The van der Waals surface area contributed by atoms with E-state index >= 15 is 0 Å². The number of hydrogen-bond donors (Lipinski definition) is 1. The van der Waals surface area contributed by atoms with E-state index in [1.165, 1.54) is 18.6 Å². The Morgan fingerprint density at radius 1 is 1.40 bits per heavy atom. The second kappa shape index (κ2) is 3.87. The molecule has 0 aliphatic rings. The van der Waals surface area contributed by atoms with Crippen LogP contribution in [0.3, 0.4) is 0 Å². The molecule has 15 heavy (non-hydrogen) atoms. The fourth-order valence-corrected chi connectivity index (χ4v) is 1.11. The first-order valence-electron chi connectivity index (χ1n) is 4.32. The maximum Gasteiger partial charge on any atom is 0.258 e. The summed E-state index contributed by atoms with van der Waals surface area (Å²) in [5.41, 5.74) is 1.12. The average molecular weight is 203 g/mol. The zero-order valence-electron chi connectivity index (χ0n) is 8.08. The van der Waals surface area contributed by atoms with Crippen molar-refractivity contribution in [3.63, 3.8) is 0 Å². The van der Waals surface area contributed by atoms with Crippen molar-refractivity contribution in [2.75, 3.05) is 5.32 Å². The number of rotatable bonds is 2. The van der Waals surface area contributed by atoms with Crippen LogP contribution in [0.5, 0.6) is 0 Å². The van der Waals surface area contributed by atoms with Crippen LogP contribution in [-0.2, 0) is 7.05 Å². The van der Waals surface area contributed by atoms with Crippen LogP contribution in [0.2, 0.25) is 0 Å². The van der Waals surface area contributed by atoms with Gasteiger partial charge in [-0.3, -0.25) is 9.48 Å². The number of anilines is 1. The van der Waals surface area contributed by atoms with Crippen LogP contribution in [0.15, 0.2) is 30.9 Å². The third-order valence-corrected chi connectivity index (χ3v) is 1.81. The fraction of sp³-hybridized carbons (Fsp3) is 0.111. The molecule has 0 aromatic carbocycles. The van der Waals surface area contributed by atoms with Gasteiger partial charge in [-0.25, -0.2) is 0 Å². The van der Waals surface area contributed by atoms with E-state index in [9.17, 15) is 4.79 Å². The van der Waals surface area contributed by atoms with Crippen LogP contribution in [0.4, 0.5) is 5.69 Å². The minimum atomic E-state index is -0.212. The van der Waals surface area contributed by atoms with E-state index in [-0.39, 0.29) is 5.91 Å². The van der Waals surface area contributed by atoms with Crippen LogP contribution in [-0.4, -0.2) is 25.9 Å². The molecule has 0 spiro atoms. The molecule has 2 aromatic heterocycles. The largest absolute Gasteiger partial charge is 0.320 e. The van der Waals surface area contributed by atoms with Gasteiger partial charge in [0.1, 0.15) is 0 Å². The Morgan fingerprint density at radius 3 is 2.87 bits per heavy atom. The molecule has 0 aliphatic heterocycles. The highest BCUT2D eigenvalue weighted by molar-refractivity contribution is 6.03. The van der Waals surface area contributed by atoms with Crippen molar-refractivity contribution in [3.05, 3.63) is 36.4 Å². The molecular weight excluding hydrogens is 194 g/mol. The van der Waals surface area contributed by atoms with Crippen molar-refractivity contribution in [3.8, 4) is 0 Å². The zero-order chi connectivity index (χ0) is 10.7. The van der Waals surface area contributed by atoms with Gasteiger partial charge >= 0.3 is 0 Å². The molecule has 2 heterocycles. The third-order valence-electron chi connectivity index (χ3n) is 1.81. The smallest absolute Gasteiger partial charge is 0.258 e. The Labute approximate surface area is 85.9 Å². The monoisotopic (exact) mass is 203 g/mol. The molecule has 1 amide bonds. The highest BCUT2D eigenvalue weighted by atomic mass is 16.1. The molecule has 0 saturated heterocycles. The first kappa shape index (κ1) is 9.32. The lowest BCUT2D eigenvalue weighted by atomic mass is 10.3. The minimum absolute atomic E-state index is 0.212. The number of nitrogens with zero attached hydrogens (tertiary/aromatic N) is 4. The minimum Gasteiger partial charge on any atom is -0.320 e. The van der Waals surface area contributed by atoms with Gasteiger partial charge < -0.3 is 5.32 Å². The van der Waals surface area contributed by atoms with Gasteiger partial charge in [-0.15, -0.1) is 0 Å². The van der Waals surface area contributed by atoms with E-state index in [2.05, 4.69) is 20.6 Å². The lowest BCUT2D eigenvalue weighted by Crippen LogP contribution is -2.11. The number of aromatic nitrogens is 4. The Balaban J connectivity index is 2.11. The second-order valence-electron chi connectivity index (χ2n) is 2.99. The first-order valence-corrected chi connectivity index (χ1v) is 4.32. The molecule has 2 aromatic rings. The molecule has 0 unspecified atom stereocenters. The molecular formula is C9H9N5O. The van der Waals surface area contributed by atoms with E-state index in [1.54, 1.807) is 24.0 Å². The lowest BCUT2D eigenvalue weighted by molar-refractivity contribution is 0.102. The van der Waals surface area contributed by atoms with E-state index in [4.69, 9.17) is 0 Å². The highest BCUT2D eigenvalue weighted by Crippen LogP contribution is 2.05. The van der Waals surface area contributed by atoms with Crippen molar-refractivity contribution >= 4 is 11.6 Å². The Bertz CT molecular complexity index is 464. The standard InChI is InChI=1S/C9H9N5O/c1-14-6-7(4-12-14)9(15)13-8-2-3-10-11-5-8/h2-6H,1H3,(H,10,13,15). The molecule has 0 fully saturated rings. The van der Waals surface area contributed by atoms with Gasteiger partial charge in [-0.2, -0.15) is 15.3 Å². The Kier molecular flexibility index (Phi) is 2.40. The van der Waals surface area contributed by atoms with Crippen molar-refractivity contribution < 1.29 is 4.79 Å². The summed E-state index contributed by atoms with van der Waals surface area (Å²) in [5.74, 6) is -0.212. The van der Waals surface area contributed by atoms with Gasteiger partial charge in [-0.1, -0.05) is 0 Å². The topological polar surface area (TPSA) is 72.7 Å². The third kappa shape index (κ3) is 2.16. The number of aryl methyl sites for hydroxylation is 1. The fourth-order valence-electron chi connectivity index (χ4n) is 1.11. The molecule has 0 bridgehead atoms. The van der Waals surface area contributed by atoms with Gasteiger partial charge in [0.05, 0.1) is 29.8 Å². The Hall–Kier alpha value is -2.24. The molecule has 0 aliphatic carbocycles. The number of carbonyl (C=O) groups is 1. The van der Waals surface area contributed by atoms with E-state index in [0.717, 1.165) is 0 Å². The summed E-state index contributed by atoms with van der Waals surface area (Å²) in [5, 5.41) is 13.8.